The highest BCUT2D eigenvalue weighted by molar-refractivity contribution is 6.31. The van der Waals surface area contributed by atoms with Gasteiger partial charge in [-0.1, -0.05) is 11.6 Å². The van der Waals surface area contributed by atoms with Gasteiger partial charge in [0, 0.05) is 24.2 Å². The highest BCUT2D eigenvalue weighted by Crippen LogP contribution is 2.29. The fourth-order valence-corrected chi connectivity index (χ4v) is 2.00. The molecular weight excluding hydrogens is 301 g/mol. The molecule has 0 bridgehead atoms. The molecule has 2 rings (SSSR count). The van der Waals surface area contributed by atoms with Crippen molar-refractivity contribution in [2.24, 2.45) is 0 Å². The van der Waals surface area contributed by atoms with Crippen LogP contribution in [0.1, 0.15) is 6.92 Å². The van der Waals surface area contributed by atoms with E-state index in [2.05, 4.69) is 4.98 Å². The number of aromatic nitrogens is 1. The Hall–Kier alpha value is -2.54. The van der Waals surface area contributed by atoms with Gasteiger partial charge in [0.25, 0.3) is 5.69 Å². The zero-order chi connectivity index (χ0) is 15.6. The Morgan fingerprint density at radius 3 is 2.67 bits per heavy atom. The maximum atomic E-state index is 13.4. The molecule has 0 saturated heterocycles. The van der Waals surface area contributed by atoms with Crippen molar-refractivity contribution in [2.75, 3.05) is 4.90 Å². The number of pyridine rings is 1. The number of anilines is 2. The topological polar surface area (TPSA) is 76.3 Å². The number of rotatable bonds is 3. The summed E-state index contributed by atoms with van der Waals surface area (Å²) < 4.78 is 13.4. The van der Waals surface area contributed by atoms with Gasteiger partial charge in [-0.25, -0.2) is 9.37 Å². The second kappa shape index (κ2) is 5.84. The lowest BCUT2D eigenvalue weighted by Gasteiger charge is -2.20. The van der Waals surface area contributed by atoms with Crippen LogP contribution in [0.25, 0.3) is 0 Å². The SMILES string of the molecule is CC(=O)N(c1cc(F)cc(Cl)c1)c1cc([N+](=O)[O-])ccn1. The van der Waals surface area contributed by atoms with Crippen molar-refractivity contribution in [1.82, 2.24) is 4.98 Å². The van der Waals surface area contributed by atoms with E-state index >= 15 is 0 Å². The predicted octanol–water partition coefficient (Wildman–Crippen LogP) is 3.47. The quantitative estimate of drug-likeness (QED) is 0.642. The predicted molar refractivity (Wildman–Crippen MR) is 75.1 cm³/mol. The zero-order valence-electron chi connectivity index (χ0n) is 10.8. The van der Waals surface area contributed by atoms with Gasteiger partial charge in [-0.2, -0.15) is 0 Å². The van der Waals surface area contributed by atoms with Crippen molar-refractivity contribution in [3.63, 3.8) is 0 Å². The molecule has 0 aliphatic heterocycles. The number of carbonyl (C=O) groups excluding carboxylic acids is 1. The van der Waals surface area contributed by atoms with Gasteiger partial charge >= 0.3 is 0 Å². The molecule has 0 spiro atoms. The number of benzene rings is 1. The van der Waals surface area contributed by atoms with Crippen molar-refractivity contribution < 1.29 is 14.1 Å². The monoisotopic (exact) mass is 309 g/mol. The second-order valence-electron chi connectivity index (χ2n) is 4.11. The Morgan fingerprint density at radius 1 is 1.38 bits per heavy atom. The van der Waals surface area contributed by atoms with Crippen LogP contribution in [0, 0.1) is 15.9 Å². The molecule has 21 heavy (non-hydrogen) atoms. The molecule has 2 aromatic rings. The van der Waals surface area contributed by atoms with E-state index in [0.717, 1.165) is 23.1 Å². The zero-order valence-corrected chi connectivity index (χ0v) is 11.5. The Labute approximate surface area is 123 Å². The van der Waals surface area contributed by atoms with Crippen molar-refractivity contribution in [1.29, 1.82) is 0 Å². The molecule has 1 heterocycles. The molecule has 108 valence electrons. The van der Waals surface area contributed by atoms with E-state index in [0.29, 0.717) is 0 Å². The number of halogens is 2. The molecule has 0 N–H and O–H groups in total. The van der Waals surface area contributed by atoms with Crippen LogP contribution in [-0.4, -0.2) is 15.8 Å². The summed E-state index contributed by atoms with van der Waals surface area (Å²) in [6, 6.07) is 5.87. The first kappa shape index (κ1) is 14.9. The lowest BCUT2D eigenvalue weighted by atomic mass is 10.2. The first-order chi connectivity index (χ1) is 9.88. The Balaban J connectivity index is 2.56. The van der Waals surface area contributed by atoms with E-state index in [1.165, 1.54) is 25.3 Å². The lowest BCUT2D eigenvalue weighted by Crippen LogP contribution is -2.24. The van der Waals surface area contributed by atoms with Gasteiger partial charge in [0.05, 0.1) is 16.7 Å². The first-order valence-electron chi connectivity index (χ1n) is 5.75. The van der Waals surface area contributed by atoms with Gasteiger partial charge in [-0.3, -0.25) is 19.8 Å². The minimum absolute atomic E-state index is 0.0124. The van der Waals surface area contributed by atoms with E-state index in [1.807, 2.05) is 0 Å². The molecule has 0 saturated carbocycles. The minimum Gasteiger partial charge on any atom is -0.274 e. The van der Waals surface area contributed by atoms with E-state index in [1.54, 1.807) is 0 Å². The number of nitrogens with zero attached hydrogens (tertiary/aromatic N) is 3. The van der Waals surface area contributed by atoms with Gasteiger partial charge in [0.2, 0.25) is 5.91 Å². The molecule has 0 fully saturated rings. The summed E-state index contributed by atoms with van der Waals surface area (Å²) in [7, 11) is 0. The molecule has 0 aliphatic rings. The number of carbonyl (C=O) groups is 1. The maximum Gasteiger partial charge on any atom is 0.274 e. The van der Waals surface area contributed by atoms with Crippen molar-refractivity contribution in [3.8, 4) is 0 Å². The third-order valence-corrected chi connectivity index (χ3v) is 2.81. The molecule has 1 aromatic heterocycles. The van der Waals surface area contributed by atoms with Gasteiger partial charge in [0.1, 0.15) is 11.6 Å². The molecule has 1 aromatic carbocycles. The van der Waals surface area contributed by atoms with Gasteiger partial charge in [-0.05, 0) is 18.2 Å². The normalized spacial score (nSPS) is 10.2. The van der Waals surface area contributed by atoms with Crippen molar-refractivity contribution in [2.45, 2.75) is 6.92 Å². The number of nitro groups is 1. The van der Waals surface area contributed by atoms with E-state index < -0.39 is 16.6 Å². The average molecular weight is 310 g/mol. The van der Waals surface area contributed by atoms with Crippen LogP contribution < -0.4 is 4.90 Å². The van der Waals surface area contributed by atoms with Gasteiger partial charge in [-0.15, -0.1) is 0 Å². The lowest BCUT2D eigenvalue weighted by molar-refractivity contribution is -0.384. The van der Waals surface area contributed by atoms with Crippen LogP contribution in [0.4, 0.5) is 21.6 Å². The number of amides is 1. The van der Waals surface area contributed by atoms with Crippen molar-refractivity contribution >= 4 is 34.7 Å². The molecule has 0 aliphatic carbocycles. The van der Waals surface area contributed by atoms with E-state index in [4.69, 9.17) is 11.6 Å². The highest BCUT2D eigenvalue weighted by atomic mass is 35.5. The smallest absolute Gasteiger partial charge is 0.274 e. The average Bonchev–Trinajstić information content (AvgIpc) is 2.37. The van der Waals surface area contributed by atoms with Crippen LogP contribution in [0.2, 0.25) is 5.02 Å². The summed E-state index contributed by atoms with van der Waals surface area (Å²) in [6.07, 6.45) is 1.20. The summed E-state index contributed by atoms with van der Waals surface area (Å²) in [6.45, 7) is 1.24. The van der Waals surface area contributed by atoms with E-state index in [9.17, 15) is 19.3 Å². The van der Waals surface area contributed by atoms with Crippen molar-refractivity contribution in [3.05, 3.63) is 57.5 Å². The fraction of sp³-hybridized carbons (Fsp3) is 0.0769. The molecule has 1 amide bonds. The van der Waals surface area contributed by atoms with Crippen LogP contribution in [0.15, 0.2) is 36.5 Å². The summed E-state index contributed by atoms with van der Waals surface area (Å²) in [5.74, 6) is -1.10. The summed E-state index contributed by atoms with van der Waals surface area (Å²) in [5.41, 5.74) is -0.0887. The Kier molecular flexibility index (Phi) is 4.13. The summed E-state index contributed by atoms with van der Waals surface area (Å²) in [4.78, 5) is 26.9. The van der Waals surface area contributed by atoms with Crippen LogP contribution >= 0.6 is 11.6 Å². The molecule has 0 radical (unpaired) electrons. The maximum absolute atomic E-state index is 13.4. The van der Waals surface area contributed by atoms with E-state index in [-0.39, 0.29) is 22.2 Å². The molecule has 6 nitrogen and oxygen atoms in total. The number of hydrogen-bond acceptors (Lipinski definition) is 4. The standard InChI is InChI=1S/C13H9ClFN3O3/c1-8(19)17(12-5-9(14)4-10(15)6-12)13-7-11(18(20)21)2-3-16-13/h2-7H,1H3. The summed E-state index contributed by atoms with van der Waals surface area (Å²) >= 11 is 5.76. The summed E-state index contributed by atoms with van der Waals surface area (Å²) in [5, 5.41) is 10.9. The second-order valence-corrected chi connectivity index (χ2v) is 4.55. The third kappa shape index (κ3) is 3.32. The molecule has 0 atom stereocenters. The molecular formula is C13H9ClFN3O3. The van der Waals surface area contributed by atoms with Gasteiger partial charge in [0.15, 0.2) is 0 Å². The molecule has 8 heteroatoms. The van der Waals surface area contributed by atoms with Gasteiger partial charge < -0.3 is 0 Å². The number of hydrogen-bond donors (Lipinski definition) is 0. The minimum atomic E-state index is -0.630. The molecule has 0 unspecified atom stereocenters. The van der Waals surface area contributed by atoms with Crippen LogP contribution in [-0.2, 0) is 4.79 Å². The fourth-order valence-electron chi connectivity index (χ4n) is 1.79. The van der Waals surface area contributed by atoms with Crippen LogP contribution in [0.5, 0.6) is 0 Å². The Bertz CT molecular complexity index is 703. The highest BCUT2D eigenvalue weighted by Gasteiger charge is 2.19. The largest absolute Gasteiger partial charge is 0.274 e. The third-order valence-electron chi connectivity index (χ3n) is 2.59. The Morgan fingerprint density at radius 2 is 2.10 bits per heavy atom. The van der Waals surface area contributed by atoms with Crippen LogP contribution in [0.3, 0.4) is 0 Å². The first-order valence-corrected chi connectivity index (χ1v) is 6.13.